The number of benzene rings is 1. The zero-order valence-corrected chi connectivity index (χ0v) is 12.0. The standard InChI is InChI=1S/C15H22N4/c1-4-5-6-13-7-9-14(10-8-13)16-11-15-18-17-12(2)19(15)3/h7-10,16H,4-6,11H2,1-3H3. The maximum absolute atomic E-state index is 4.14. The van der Waals surface area contributed by atoms with Crippen molar-refractivity contribution in [2.45, 2.75) is 39.7 Å². The van der Waals surface area contributed by atoms with E-state index in [0.29, 0.717) is 6.54 Å². The highest BCUT2D eigenvalue weighted by atomic mass is 15.3. The van der Waals surface area contributed by atoms with Gasteiger partial charge in [-0.15, -0.1) is 10.2 Å². The molecule has 0 amide bonds. The minimum Gasteiger partial charge on any atom is -0.378 e. The van der Waals surface area contributed by atoms with E-state index in [-0.39, 0.29) is 0 Å². The van der Waals surface area contributed by atoms with Gasteiger partial charge in [-0.3, -0.25) is 0 Å². The fourth-order valence-corrected chi connectivity index (χ4v) is 1.96. The van der Waals surface area contributed by atoms with E-state index in [0.717, 1.165) is 17.3 Å². The van der Waals surface area contributed by atoms with Crippen LogP contribution in [0.3, 0.4) is 0 Å². The van der Waals surface area contributed by atoms with Crippen molar-refractivity contribution in [1.82, 2.24) is 14.8 Å². The monoisotopic (exact) mass is 258 g/mol. The van der Waals surface area contributed by atoms with Gasteiger partial charge in [0, 0.05) is 12.7 Å². The van der Waals surface area contributed by atoms with E-state index in [1.54, 1.807) is 0 Å². The Hall–Kier alpha value is -1.84. The highest BCUT2D eigenvalue weighted by Gasteiger charge is 2.04. The molecule has 4 nitrogen and oxygen atoms in total. The largest absolute Gasteiger partial charge is 0.378 e. The summed E-state index contributed by atoms with van der Waals surface area (Å²) in [4.78, 5) is 0. The second-order valence-electron chi connectivity index (χ2n) is 4.88. The van der Waals surface area contributed by atoms with E-state index in [1.807, 2.05) is 18.5 Å². The van der Waals surface area contributed by atoms with Gasteiger partial charge in [0.05, 0.1) is 6.54 Å². The number of anilines is 1. The smallest absolute Gasteiger partial charge is 0.152 e. The first-order chi connectivity index (χ1) is 9.20. The molecule has 0 aliphatic rings. The van der Waals surface area contributed by atoms with Crippen molar-refractivity contribution in [3.8, 4) is 0 Å². The zero-order valence-electron chi connectivity index (χ0n) is 12.0. The van der Waals surface area contributed by atoms with Crippen molar-refractivity contribution in [2.75, 3.05) is 5.32 Å². The van der Waals surface area contributed by atoms with Gasteiger partial charge in [-0.25, -0.2) is 0 Å². The van der Waals surface area contributed by atoms with Crippen LogP contribution in [0.2, 0.25) is 0 Å². The molecule has 0 fully saturated rings. The third-order valence-corrected chi connectivity index (χ3v) is 3.41. The lowest BCUT2D eigenvalue weighted by molar-refractivity contribution is 0.788. The Bertz CT molecular complexity index is 513. The molecule has 0 unspecified atom stereocenters. The molecule has 0 atom stereocenters. The molecule has 1 aromatic heterocycles. The molecule has 1 aromatic carbocycles. The Morgan fingerprint density at radius 3 is 2.47 bits per heavy atom. The molecular formula is C15H22N4. The molecule has 0 bridgehead atoms. The topological polar surface area (TPSA) is 42.7 Å². The summed E-state index contributed by atoms with van der Waals surface area (Å²) in [5.41, 5.74) is 2.53. The first kappa shape index (κ1) is 13.6. The fourth-order valence-electron chi connectivity index (χ4n) is 1.96. The molecule has 0 saturated carbocycles. The van der Waals surface area contributed by atoms with Crippen LogP contribution in [0.5, 0.6) is 0 Å². The minimum absolute atomic E-state index is 0.700. The molecular weight excluding hydrogens is 236 g/mol. The number of nitrogens with zero attached hydrogens (tertiary/aromatic N) is 3. The van der Waals surface area contributed by atoms with Crippen LogP contribution >= 0.6 is 0 Å². The number of unbranched alkanes of at least 4 members (excludes halogenated alkanes) is 1. The SMILES string of the molecule is CCCCc1ccc(NCc2nnc(C)n2C)cc1. The van der Waals surface area contributed by atoms with Crippen molar-refractivity contribution < 1.29 is 0 Å². The van der Waals surface area contributed by atoms with Gasteiger partial charge in [-0.1, -0.05) is 25.5 Å². The molecule has 4 heteroatoms. The van der Waals surface area contributed by atoms with E-state index >= 15 is 0 Å². The average molecular weight is 258 g/mol. The third-order valence-electron chi connectivity index (χ3n) is 3.41. The summed E-state index contributed by atoms with van der Waals surface area (Å²) in [6.45, 7) is 4.88. The second-order valence-corrected chi connectivity index (χ2v) is 4.88. The van der Waals surface area contributed by atoms with Crippen LogP contribution in [0.25, 0.3) is 0 Å². The number of hydrogen-bond donors (Lipinski definition) is 1. The van der Waals surface area contributed by atoms with Crippen LogP contribution in [0.15, 0.2) is 24.3 Å². The van der Waals surface area contributed by atoms with Crippen LogP contribution in [-0.4, -0.2) is 14.8 Å². The summed E-state index contributed by atoms with van der Waals surface area (Å²) in [7, 11) is 1.99. The lowest BCUT2D eigenvalue weighted by atomic mass is 10.1. The Morgan fingerprint density at radius 1 is 1.16 bits per heavy atom. The summed E-state index contributed by atoms with van der Waals surface area (Å²) < 4.78 is 2.00. The van der Waals surface area contributed by atoms with Crippen LogP contribution in [-0.2, 0) is 20.0 Å². The van der Waals surface area contributed by atoms with E-state index in [2.05, 4.69) is 46.7 Å². The normalized spacial score (nSPS) is 10.7. The molecule has 0 radical (unpaired) electrons. The summed E-state index contributed by atoms with van der Waals surface area (Å²) in [6, 6.07) is 8.66. The summed E-state index contributed by atoms with van der Waals surface area (Å²) in [5, 5.41) is 11.6. The van der Waals surface area contributed by atoms with Gasteiger partial charge in [-0.2, -0.15) is 0 Å². The Labute approximate surface area is 114 Å². The third kappa shape index (κ3) is 3.56. The quantitative estimate of drug-likeness (QED) is 0.866. The van der Waals surface area contributed by atoms with Crippen molar-refractivity contribution in [3.05, 3.63) is 41.5 Å². The number of aromatic nitrogens is 3. The maximum Gasteiger partial charge on any atom is 0.152 e. The summed E-state index contributed by atoms with van der Waals surface area (Å²) >= 11 is 0. The average Bonchev–Trinajstić information content (AvgIpc) is 2.75. The highest BCUT2D eigenvalue weighted by Crippen LogP contribution is 2.12. The number of aryl methyl sites for hydroxylation is 2. The van der Waals surface area contributed by atoms with Gasteiger partial charge >= 0.3 is 0 Å². The van der Waals surface area contributed by atoms with Gasteiger partial charge < -0.3 is 9.88 Å². The van der Waals surface area contributed by atoms with E-state index in [4.69, 9.17) is 0 Å². The molecule has 19 heavy (non-hydrogen) atoms. The van der Waals surface area contributed by atoms with Crippen LogP contribution in [0, 0.1) is 6.92 Å². The predicted molar refractivity (Wildman–Crippen MR) is 78.1 cm³/mol. The van der Waals surface area contributed by atoms with E-state index in [9.17, 15) is 0 Å². The number of hydrogen-bond acceptors (Lipinski definition) is 3. The van der Waals surface area contributed by atoms with Gasteiger partial charge in [0.1, 0.15) is 5.82 Å². The van der Waals surface area contributed by atoms with Gasteiger partial charge in [0.2, 0.25) is 0 Å². The first-order valence-electron chi connectivity index (χ1n) is 6.88. The lowest BCUT2D eigenvalue weighted by Gasteiger charge is -2.07. The first-order valence-corrected chi connectivity index (χ1v) is 6.88. The Morgan fingerprint density at radius 2 is 1.89 bits per heavy atom. The van der Waals surface area contributed by atoms with Gasteiger partial charge in [0.15, 0.2) is 5.82 Å². The molecule has 0 saturated heterocycles. The van der Waals surface area contributed by atoms with Gasteiger partial charge in [-0.05, 0) is 37.5 Å². The highest BCUT2D eigenvalue weighted by molar-refractivity contribution is 5.44. The minimum atomic E-state index is 0.700. The van der Waals surface area contributed by atoms with Crippen molar-refractivity contribution in [1.29, 1.82) is 0 Å². The lowest BCUT2D eigenvalue weighted by Crippen LogP contribution is -2.06. The van der Waals surface area contributed by atoms with Crippen LogP contribution < -0.4 is 5.32 Å². The molecule has 0 aliphatic carbocycles. The maximum atomic E-state index is 4.14. The number of nitrogens with one attached hydrogen (secondary N) is 1. The summed E-state index contributed by atoms with van der Waals surface area (Å²) in [5.74, 6) is 1.89. The van der Waals surface area contributed by atoms with Crippen molar-refractivity contribution in [2.24, 2.45) is 7.05 Å². The zero-order chi connectivity index (χ0) is 13.7. The fraction of sp³-hybridized carbons (Fsp3) is 0.467. The molecule has 102 valence electrons. The Balaban J connectivity index is 1.91. The van der Waals surface area contributed by atoms with Gasteiger partial charge in [0.25, 0.3) is 0 Å². The van der Waals surface area contributed by atoms with E-state index < -0.39 is 0 Å². The van der Waals surface area contributed by atoms with Crippen LogP contribution in [0.1, 0.15) is 37.0 Å². The van der Waals surface area contributed by atoms with E-state index in [1.165, 1.54) is 24.8 Å². The Kier molecular flexibility index (Phi) is 4.55. The summed E-state index contributed by atoms with van der Waals surface area (Å²) in [6.07, 6.45) is 3.66. The molecule has 2 rings (SSSR count). The predicted octanol–water partition coefficient (Wildman–Crippen LogP) is 3.08. The molecule has 1 heterocycles. The second kappa shape index (κ2) is 6.36. The van der Waals surface area contributed by atoms with Crippen LogP contribution in [0.4, 0.5) is 5.69 Å². The molecule has 0 aliphatic heterocycles. The van der Waals surface area contributed by atoms with Crippen molar-refractivity contribution >= 4 is 5.69 Å². The molecule has 0 spiro atoms. The molecule has 1 N–H and O–H groups in total. The molecule has 2 aromatic rings. The van der Waals surface area contributed by atoms with Crippen molar-refractivity contribution in [3.63, 3.8) is 0 Å². The number of rotatable bonds is 6.